The number of anilines is 1. The number of morpholine rings is 2. The smallest absolute Gasteiger partial charge is 0.360 e. The molecule has 0 unspecified atom stereocenters. The van der Waals surface area contributed by atoms with Gasteiger partial charge in [-0.15, -0.1) is 0 Å². The Morgan fingerprint density at radius 2 is 1.51 bits per heavy atom. The number of rotatable bonds is 5. The largest absolute Gasteiger partial charge is 0.378 e. The molecular formula is C29H29N4O2S2+. The Balaban J connectivity index is 1.33. The van der Waals surface area contributed by atoms with Crippen LogP contribution in [0.5, 0.6) is 0 Å². The number of hydrogen-bond acceptors (Lipinski definition) is 6. The minimum absolute atomic E-state index is 0.748. The molecule has 0 atom stereocenters. The van der Waals surface area contributed by atoms with Gasteiger partial charge in [0.1, 0.15) is 13.1 Å². The lowest BCUT2D eigenvalue weighted by Gasteiger charge is -2.26. The van der Waals surface area contributed by atoms with E-state index in [9.17, 15) is 0 Å². The zero-order valence-corrected chi connectivity index (χ0v) is 22.2. The molecule has 37 heavy (non-hydrogen) atoms. The molecule has 1 aromatic heterocycles. The number of amidine groups is 1. The van der Waals surface area contributed by atoms with E-state index >= 15 is 0 Å². The molecule has 2 aromatic carbocycles. The van der Waals surface area contributed by atoms with Gasteiger partial charge in [0.2, 0.25) is 0 Å². The summed E-state index contributed by atoms with van der Waals surface area (Å²) in [7, 11) is 0. The van der Waals surface area contributed by atoms with Gasteiger partial charge in [-0.1, -0.05) is 78.1 Å². The number of hydrogen-bond donors (Lipinski definition) is 0. The van der Waals surface area contributed by atoms with Crippen LogP contribution >= 0.6 is 23.1 Å². The van der Waals surface area contributed by atoms with Crippen LogP contribution in [0.4, 0.5) is 5.13 Å². The highest BCUT2D eigenvalue weighted by Crippen LogP contribution is 2.35. The van der Waals surface area contributed by atoms with Crippen molar-refractivity contribution in [1.82, 2.24) is 4.98 Å². The maximum atomic E-state index is 5.55. The first-order valence-corrected chi connectivity index (χ1v) is 14.3. The second-order valence-corrected chi connectivity index (χ2v) is 10.9. The van der Waals surface area contributed by atoms with Gasteiger partial charge in [0.15, 0.2) is 10.8 Å². The first-order chi connectivity index (χ1) is 18.3. The highest BCUT2D eigenvalue weighted by molar-refractivity contribution is 8.18. The number of aliphatic imine (C=N–C) groups is 1. The van der Waals surface area contributed by atoms with Gasteiger partial charge < -0.3 is 14.4 Å². The van der Waals surface area contributed by atoms with Crippen molar-refractivity contribution < 1.29 is 14.0 Å². The molecule has 3 aliphatic heterocycles. The summed E-state index contributed by atoms with van der Waals surface area (Å²) >= 11 is 3.49. The van der Waals surface area contributed by atoms with Crippen molar-refractivity contribution in [3.05, 3.63) is 88.2 Å². The van der Waals surface area contributed by atoms with Gasteiger partial charge in [0.25, 0.3) is 0 Å². The average molecular weight is 530 g/mol. The van der Waals surface area contributed by atoms with Gasteiger partial charge in [-0.05, 0) is 17.1 Å². The Bertz CT molecular complexity index is 1350. The van der Waals surface area contributed by atoms with Crippen LogP contribution in [0.25, 0.3) is 17.3 Å². The summed E-state index contributed by atoms with van der Waals surface area (Å²) in [5.74, 6) is 0. The molecule has 0 saturated carbocycles. The van der Waals surface area contributed by atoms with Gasteiger partial charge in [-0.2, -0.15) is 0 Å². The van der Waals surface area contributed by atoms with Crippen molar-refractivity contribution in [3.8, 4) is 11.3 Å². The highest BCUT2D eigenvalue weighted by Gasteiger charge is 2.32. The fourth-order valence-corrected chi connectivity index (χ4v) is 6.58. The lowest BCUT2D eigenvalue weighted by molar-refractivity contribution is -0.547. The molecule has 3 aromatic rings. The first-order valence-electron chi connectivity index (χ1n) is 12.6. The first kappa shape index (κ1) is 24.3. The number of thioether (sulfide) groups is 1. The molecule has 0 radical (unpaired) electrons. The lowest BCUT2D eigenvalue weighted by Crippen LogP contribution is -2.36. The van der Waals surface area contributed by atoms with E-state index in [1.807, 2.05) is 12.1 Å². The molecule has 0 aliphatic carbocycles. The van der Waals surface area contributed by atoms with E-state index in [1.54, 1.807) is 23.1 Å². The van der Waals surface area contributed by atoms with Crippen LogP contribution in [-0.2, 0) is 9.47 Å². The summed E-state index contributed by atoms with van der Waals surface area (Å²) in [6.07, 6.45) is 6.52. The van der Waals surface area contributed by atoms with Gasteiger partial charge in [0, 0.05) is 36.0 Å². The monoisotopic (exact) mass is 529 g/mol. The maximum absolute atomic E-state index is 5.55. The van der Waals surface area contributed by atoms with Crippen LogP contribution < -0.4 is 4.90 Å². The number of ether oxygens (including phenoxy) is 2. The fourth-order valence-electron chi connectivity index (χ4n) is 4.47. The van der Waals surface area contributed by atoms with Crippen molar-refractivity contribution in [2.24, 2.45) is 4.99 Å². The van der Waals surface area contributed by atoms with Crippen LogP contribution in [0.3, 0.4) is 0 Å². The Morgan fingerprint density at radius 1 is 0.838 bits per heavy atom. The molecule has 2 fully saturated rings. The Kier molecular flexibility index (Phi) is 7.60. The van der Waals surface area contributed by atoms with E-state index in [0.717, 1.165) is 95.2 Å². The third-order valence-corrected chi connectivity index (χ3v) is 8.60. The average Bonchev–Trinajstić information content (AvgIpc) is 3.60. The molecular weight excluding hydrogens is 500 g/mol. The fraction of sp³-hybridized carbons (Fsp3) is 0.276. The molecule has 0 amide bonds. The molecule has 4 heterocycles. The van der Waals surface area contributed by atoms with E-state index in [0.29, 0.717) is 0 Å². The van der Waals surface area contributed by atoms with E-state index in [4.69, 9.17) is 19.5 Å². The molecule has 0 bridgehead atoms. The van der Waals surface area contributed by atoms with Gasteiger partial charge in [-0.3, -0.25) is 0 Å². The normalized spacial score (nSPS) is 19.7. The summed E-state index contributed by atoms with van der Waals surface area (Å²) in [6.45, 7) is 6.50. The summed E-state index contributed by atoms with van der Waals surface area (Å²) in [6, 6.07) is 20.9. The lowest BCUT2D eigenvalue weighted by atomic mass is 10.1. The third-order valence-electron chi connectivity index (χ3n) is 6.44. The zero-order chi connectivity index (χ0) is 24.9. The number of aromatic nitrogens is 1. The number of nitrogens with zero attached hydrogens (tertiary/aromatic N) is 4. The summed E-state index contributed by atoms with van der Waals surface area (Å²) in [5.41, 5.74) is 4.32. The number of thiazole rings is 1. The molecule has 0 N–H and O–H groups in total. The van der Waals surface area contributed by atoms with E-state index in [1.165, 1.54) is 0 Å². The molecule has 6 nitrogen and oxygen atoms in total. The van der Waals surface area contributed by atoms with E-state index in [2.05, 4.69) is 76.2 Å². The van der Waals surface area contributed by atoms with Crippen molar-refractivity contribution >= 4 is 45.2 Å². The van der Waals surface area contributed by atoms with Crippen molar-refractivity contribution in [1.29, 1.82) is 0 Å². The SMILES string of the molecule is C(=C\c1sc(N2CCOCC2)nc1-c1ccccc1)/C=C1/SC(=[N+]2CCOCC2)N=C1c1ccccc1. The minimum Gasteiger partial charge on any atom is -0.378 e. The molecule has 6 rings (SSSR count). The molecule has 2 saturated heterocycles. The van der Waals surface area contributed by atoms with E-state index < -0.39 is 0 Å². The number of allylic oxidation sites excluding steroid dienone is 3. The van der Waals surface area contributed by atoms with Crippen LogP contribution in [-0.4, -0.2) is 73.0 Å². The standard InChI is InChI=1S/C29H29N4O2S2/c1-3-8-22(9-4-1)26-24(36-28(30-26)32-14-18-34-19-15-32)12-7-13-25-27(23-10-5-2-6-11-23)31-29(37-25)33-16-20-35-21-17-33/h1-13H,14-21H2/q+1. The van der Waals surface area contributed by atoms with Gasteiger partial charge in [-0.25, -0.2) is 9.56 Å². The summed E-state index contributed by atoms with van der Waals surface area (Å²) < 4.78 is 13.4. The quantitative estimate of drug-likeness (QED) is 0.427. The van der Waals surface area contributed by atoms with Crippen molar-refractivity contribution in [2.45, 2.75) is 0 Å². The Labute approximate surface area is 225 Å². The highest BCUT2D eigenvalue weighted by atomic mass is 32.2. The molecule has 8 heteroatoms. The molecule has 0 spiro atoms. The Morgan fingerprint density at radius 3 is 2.24 bits per heavy atom. The predicted molar refractivity (Wildman–Crippen MR) is 154 cm³/mol. The van der Waals surface area contributed by atoms with E-state index in [-0.39, 0.29) is 0 Å². The second-order valence-electron chi connectivity index (χ2n) is 8.88. The predicted octanol–water partition coefficient (Wildman–Crippen LogP) is 5.18. The van der Waals surface area contributed by atoms with Crippen molar-refractivity contribution in [3.63, 3.8) is 0 Å². The summed E-state index contributed by atoms with van der Waals surface area (Å²) in [4.78, 5) is 14.7. The van der Waals surface area contributed by atoms with Crippen LogP contribution in [0.15, 0.2) is 82.7 Å². The maximum Gasteiger partial charge on any atom is 0.360 e. The topological polar surface area (TPSA) is 50.0 Å². The van der Waals surface area contributed by atoms with Crippen molar-refractivity contribution in [2.75, 3.05) is 57.5 Å². The molecule has 3 aliphatic rings. The van der Waals surface area contributed by atoms with Gasteiger partial charge >= 0.3 is 5.17 Å². The van der Waals surface area contributed by atoms with Crippen LogP contribution in [0, 0.1) is 0 Å². The Hall–Kier alpha value is -3.04. The van der Waals surface area contributed by atoms with Crippen LogP contribution in [0.1, 0.15) is 10.4 Å². The third kappa shape index (κ3) is 5.62. The van der Waals surface area contributed by atoms with Crippen LogP contribution in [0.2, 0.25) is 0 Å². The molecule has 188 valence electrons. The number of benzene rings is 2. The van der Waals surface area contributed by atoms with Gasteiger partial charge in [0.05, 0.1) is 41.9 Å². The zero-order valence-electron chi connectivity index (χ0n) is 20.6. The minimum atomic E-state index is 0.748. The second kappa shape index (κ2) is 11.6. The summed E-state index contributed by atoms with van der Waals surface area (Å²) in [5, 5.41) is 2.11.